The predicted molar refractivity (Wildman–Crippen MR) is 137 cm³/mol. The Morgan fingerprint density at radius 2 is 1.89 bits per heavy atom. The van der Waals surface area contributed by atoms with Gasteiger partial charge in [0.25, 0.3) is 17.5 Å². The Kier molecular flexibility index (Phi) is 8.97. The van der Waals surface area contributed by atoms with Gasteiger partial charge in [-0.1, -0.05) is 36.1 Å². The van der Waals surface area contributed by atoms with Crippen molar-refractivity contribution in [2.45, 2.75) is 12.8 Å². The number of carbonyl (C=O) groups excluding carboxylic acids is 3. The third-order valence-electron chi connectivity index (χ3n) is 5.00. The van der Waals surface area contributed by atoms with E-state index in [0.717, 1.165) is 11.6 Å². The highest BCUT2D eigenvalue weighted by molar-refractivity contribution is 8.26. The summed E-state index contributed by atoms with van der Waals surface area (Å²) < 4.78 is 10.9. The summed E-state index contributed by atoms with van der Waals surface area (Å²) >= 11 is 6.49. The molecule has 0 saturated carbocycles. The van der Waals surface area contributed by atoms with Crippen LogP contribution in [0.4, 0.5) is 5.69 Å². The van der Waals surface area contributed by atoms with Gasteiger partial charge in [-0.25, -0.2) is 0 Å². The molecule has 1 saturated heterocycles. The molecule has 1 fully saturated rings. The molecule has 1 heterocycles. The summed E-state index contributed by atoms with van der Waals surface area (Å²) in [6, 6.07) is 10.4. The summed E-state index contributed by atoms with van der Waals surface area (Å²) in [4.78, 5) is 49.1. The zero-order valence-corrected chi connectivity index (χ0v) is 20.9. The molecule has 1 aliphatic rings. The molecule has 0 unspecified atom stereocenters. The summed E-state index contributed by atoms with van der Waals surface area (Å²) in [5.41, 5.74) is 5.00. The molecular weight excluding hydrogens is 508 g/mol. The summed E-state index contributed by atoms with van der Waals surface area (Å²) in [6.07, 6.45) is 2.02. The molecule has 36 heavy (non-hydrogen) atoms. The second-order valence-electron chi connectivity index (χ2n) is 7.36. The summed E-state index contributed by atoms with van der Waals surface area (Å²) in [5, 5.41) is 10.8. The van der Waals surface area contributed by atoms with Crippen LogP contribution in [0.25, 0.3) is 6.08 Å². The number of nitro benzene ring substituents is 1. The van der Waals surface area contributed by atoms with E-state index < -0.39 is 16.7 Å². The minimum absolute atomic E-state index is 0.0149. The number of ether oxygens (including phenoxy) is 2. The molecule has 3 amide bonds. The van der Waals surface area contributed by atoms with E-state index in [1.54, 1.807) is 24.3 Å². The number of rotatable bonds is 9. The molecule has 0 aromatic heterocycles. The number of nitro groups is 1. The van der Waals surface area contributed by atoms with Crippen molar-refractivity contribution < 1.29 is 28.8 Å². The topological polar surface area (TPSA) is 140 Å². The molecule has 11 nitrogen and oxygen atoms in total. The van der Waals surface area contributed by atoms with E-state index in [1.807, 2.05) is 0 Å². The molecular formula is C23H22N4O7S2. The highest BCUT2D eigenvalue weighted by atomic mass is 32.2. The number of nitrogens with zero attached hydrogens (tertiary/aromatic N) is 2. The number of non-ortho nitro benzene ring substituents is 1. The lowest BCUT2D eigenvalue weighted by molar-refractivity contribution is -0.384. The molecule has 188 valence electrons. The van der Waals surface area contributed by atoms with Gasteiger partial charge in [0.1, 0.15) is 4.32 Å². The van der Waals surface area contributed by atoms with Gasteiger partial charge >= 0.3 is 0 Å². The number of thiocarbonyl (C=S) groups is 1. The van der Waals surface area contributed by atoms with Crippen molar-refractivity contribution >= 4 is 57.8 Å². The second kappa shape index (κ2) is 12.1. The molecule has 1 aliphatic heterocycles. The first-order chi connectivity index (χ1) is 17.2. The maximum Gasteiger partial charge on any atom is 0.270 e. The van der Waals surface area contributed by atoms with E-state index >= 15 is 0 Å². The number of carbonyl (C=O) groups is 3. The number of hydrogen-bond donors (Lipinski definition) is 2. The first kappa shape index (κ1) is 26.6. The quantitative estimate of drug-likeness (QED) is 0.217. The van der Waals surface area contributed by atoms with Gasteiger partial charge in [0.15, 0.2) is 11.5 Å². The second-order valence-corrected chi connectivity index (χ2v) is 9.04. The van der Waals surface area contributed by atoms with E-state index in [0.29, 0.717) is 27.1 Å². The highest BCUT2D eigenvalue weighted by Crippen LogP contribution is 2.34. The molecule has 13 heteroatoms. The molecule has 2 N–H and O–H groups in total. The van der Waals surface area contributed by atoms with Crippen LogP contribution in [0.1, 0.15) is 28.8 Å². The monoisotopic (exact) mass is 530 g/mol. The smallest absolute Gasteiger partial charge is 0.270 e. The van der Waals surface area contributed by atoms with Gasteiger partial charge in [-0.15, -0.1) is 0 Å². The Morgan fingerprint density at radius 1 is 1.14 bits per heavy atom. The summed E-state index contributed by atoms with van der Waals surface area (Å²) in [6.45, 7) is 0.222. The average Bonchev–Trinajstić information content (AvgIpc) is 3.14. The zero-order valence-electron chi connectivity index (χ0n) is 19.3. The van der Waals surface area contributed by atoms with Gasteiger partial charge in [0.05, 0.1) is 24.0 Å². The average molecular weight is 531 g/mol. The molecule has 0 atom stereocenters. The van der Waals surface area contributed by atoms with Crippen LogP contribution in [-0.2, 0) is 9.59 Å². The van der Waals surface area contributed by atoms with Crippen molar-refractivity contribution in [1.29, 1.82) is 0 Å². The van der Waals surface area contributed by atoms with E-state index in [1.165, 1.54) is 49.1 Å². The minimum atomic E-state index is -0.690. The number of nitrogens with one attached hydrogen (secondary N) is 2. The molecule has 0 bridgehead atoms. The van der Waals surface area contributed by atoms with Crippen LogP contribution in [0.2, 0.25) is 0 Å². The number of thioether (sulfide) groups is 1. The third-order valence-corrected chi connectivity index (χ3v) is 6.38. The Labute approximate surface area is 215 Å². The van der Waals surface area contributed by atoms with Gasteiger partial charge in [-0.3, -0.25) is 40.2 Å². The molecule has 0 spiro atoms. The number of amides is 3. The van der Waals surface area contributed by atoms with Crippen molar-refractivity contribution in [3.63, 3.8) is 0 Å². The fraction of sp³-hybridized carbons (Fsp3) is 0.217. The number of hydrazine groups is 1. The van der Waals surface area contributed by atoms with Crippen LogP contribution in [0.15, 0.2) is 47.4 Å². The zero-order chi connectivity index (χ0) is 26.2. The number of hydrogen-bond acceptors (Lipinski definition) is 9. The van der Waals surface area contributed by atoms with E-state index in [2.05, 4.69) is 10.9 Å². The first-order valence-corrected chi connectivity index (χ1v) is 11.8. The van der Waals surface area contributed by atoms with E-state index in [-0.39, 0.29) is 30.1 Å². The first-order valence-electron chi connectivity index (χ1n) is 10.5. The van der Waals surface area contributed by atoms with Gasteiger partial charge in [0.2, 0.25) is 5.91 Å². The van der Waals surface area contributed by atoms with Crippen LogP contribution in [0.5, 0.6) is 11.5 Å². The maximum absolute atomic E-state index is 12.8. The van der Waals surface area contributed by atoms with Crippen LogP contribution in [-0.4, -0.2) is 52.6 Å². The molecule has 2 aromatic rings. The Hall–Kier alpha value is -3.97. The molecule has 0 aliphatic carbocycles. The molecule has 0 radical (unpaired) electrons. The third kappa shape index (κ3) is 6.58. The lowest BCUT2D eigenvalue weighted by Crippen LogP contribution is -2.41. The molecule has 2 aromatic carbocycles. The van der Waals surface area contributed by atoms with Crippen molar-refractivity contribution in [1.82, 2.24) is 15.8 Å². The van der Waals surface area contributed by atoms with Gasteiger partial charge in [-0.05, 0) is 36.3 Å². The molecule has 3 rings (SSSR count). The van der Waals surface area contributed by atoms with E-state index in [4.69, 9.17) is 21.7 Å². The van der Waals surface area contributed by atoms with Crippen molar-refractivity contribution in [2.24, 2.45) is 0 Å². The Morgan fingerprint density at radius 3 is 2.58 bits per heavy atom. The largest absolute Gasteiger partial charge is 0.493 e. The number of methoxy groups -OCH3 is 2. The lowest BCUT2D eigenvalue weighted by atomic mass is 10.2. The van der Waals surface area contributed by atoms with Gasteiger partial charge in [0, 0.05) is 30.7 Å². The standard InChI is InChI=1S/C23H22N4O7S2/c1-33-17-9-8-14(11-18(17)34-2)12-19-22(30)26(23(35)36-19)10-4-7-20(28)24-25-21(29)15-5-3-6-16(13-15)27(31)32/h3,5-6,8-9,11-13H,4,7,10H2,1-2H3,(H,24,28)(H,25,29)/b19-12-. The van der Waals surface area contributed by atoms with Crippen LogP contribution < -0.4 is 20.3 Å². The Balaban J connectivity index is 1.50. The fourth-order valence-electron chi connectivity index (χ4n) is 3.21. The fourth-order valence-corrected chi connectivity index (χ4v) is 4.51. The predicted octanol–water partition coefficient (Wildman–Crippen LogP) is 3.05. The summed E-state index contributed by atoms with van der Waals surface area (Å²) in [5.74, 6) is -0.337. The minimum Gasteiger partial charge on any atom is -0.493 e. The van der Waals surface area contributed by atoms with E-state index in [9.17, 15) is 24.5 Å². The van der Waals surface area contributed by atoms with Crippen LogP contribution in [0, 0.1) is 10.1 Å². The summed E-state index contributed by atoms with van der Waals surface area (Å²) in [7, 11) is 3.06. The maximum atomic E-state index is 12.8. The van der Waals surface area contributed by atoms with Crippen molar-refractivity contribution in [2.75, 3.05) is 20.8 Å². The SMILES string of the molecule is COc1ccc(/C=C2\SC(=S)N(CCCC(=O)NNC(=O)c3cccc([N+](=O)[O-])c3)C2=O)cc1OC. The van der Waals surface area contributed by atoms with Gasteiger partial charge < -0.3 is 9.47 Å². The van der Waals surface area contributed by atoms with Crippen LogP contribution >= 0.6 is 24.0 Å². The number of benzene rings is 2. The normalized spacial score (nSPS) is 14.1. The van der Waals surface area contributed by atoms with Gasteiger partial charge in [-0.2, -0.15) is 0 Å². The lowest BCUT2D eigenvalue weighted by Gasteiger charge is -2.14. The van der Waals surface area contributed by atoms with Crippen LogP contribution in [0.3, 0.4) is 0 Å². The highest BCUT2D eigenvalue weighted by Gasteiger charge is 2.31. The van der Waals surface area contributed by atoms with Crippen molar-refractivity contribution in [3.05, 3.63) is 68.6 Å². The van der Waals surface area contributed by atoms with Crippen molar-refractivity contribution in [3.8, 4) is 11.5 Å². The Bertz CT molecular complexity index is 1250.